The molecule has 0 aliphatic carbocycles. The van der Waals surface area contributed by atoms with Gasteiger partial charge < -0.3 is 5.32 Å². The van der Waals surface area contributed by atoms with Crippen LogP contribution in [0.4, 0.5) is 0 Å². The molecule has 1 amide bonds. The first-order chi connectivity index (χ1) is 10.2. The maximum Gasteiger partial charge on any atom is 0.269 e. The van der Waals surface area contributed by atoms with Gasteiger partial charge in [-0.15, -0.1) is 0 Å². The number of nitrogens with zero attached hydrogens (tertiary/aromatic N) is 2. The summed E-state index contributed by atoms with van der Waals surface area (Å²) in [6.07, 6.45) is 4.27. The van der Waals surface area contributed by atoms with Gasteiger partial charge in [0.05, 0.1) is 6.20 Å². The monoisotopic (exact) mass is 279 g/mol. The van der Waals surface area contributed by atoms with Gasteiger partial charge in [0.15, 0.2) is 0 Å². The fraction of sp³-hybridized carbons (Fsp3) is 0.176. The number of aryl methyl sites for hydroxylation is 1. The largest absolute Gasteiger partial charge is 0.350 e. The van der Waals surface area contributed by atoms with Crippen LogP contribution < -0.4 is 5.32 Å². The van der Waals surface area contributed by atoms with Gasteiger partial charge in [0.2, 0.25) is 0 Å². The Labute approximate surface area is 123 Å². The van der Waals surface area contributed by atoms with Gasteiger partial charge in [-0.2, -0.15) is 0 Å². The van der Waals surface area contributed by atoms with E-state index >= 15 is 0 Å². The Kier molecular flexibility index (Phi) is 3.69. The van der Waals surface area contributed by atoms with Crippen molar-refractivity contribution in [2.75, 3.05) is 6.54 Å². The van der Waals surface area contributed by atoms with Crippen molar-refractivity contribution in [2.24, 2.45) is 0 Å². The maximum absolute atomic E-state index is 12.2. The molecule has 106 valence electrons. The number of hydrogen-bond donors (Lipinski definition) is 1. The van der Waals surface area contributed by atoms with Crippen LogP contribution in [-0.4, -0.2) is 21.8 Å². The molecule has 1 N–H and O–H groups in total. The van der Waals surface area contributed by atoms with Crippen molar-refractivity contribution < 1.29 is 4.79 Å². The molecule has 0 aliphatic rings. The fourth-order valence-corrected chi connectivity index (χ4v) is 2.27. The summed E-state index contributed by atoms with van der Waals surface area (Å²) in [5.74, 6) is -0.0965. The molecule has 0 unspecified atom stereocenters. The quantitative estimate of drug-likeness (QED) is 0.798. The number of amides is 1. The second-order valence-corrected chi connectivity index (χ2v) is 5.06. The van der Waals surface area contributed by atoms with E-state index in [1.165, 1.54) is 11.1 Å². The van der Waals surface area contributed by atoms with Crippen molar-refractivity contribution in [3.8, 4) is 0 Å². The molecule has 0 saturated carbocycles. The average Bonchev–Trinajstić information content (AvgIpc) is 2.93. The van der Waals surface area contributed by atoms with Crippen molar-refractivity contribution in [1.29, 1.82) is 0 Å². The van der Waals surface area contributed by atoms with Crippen LogP contribution in [0.25, 0.3) is 5.65 Å². The summed E-state index contributed by atoms with van der Waals surface area (Å²) >= 11 is 0. The standard InChI is InChI=1S/C17H17N3O/c1-13-5-7-14(8-6-13)9-10-18-17(21)15-12-19-16-4-2-3-11-20(15)16/h2-8,11-12H,9-10H2,1H3,(H,18,21). The second kappa shape index (κ2) is 5.79. The molecule has 0 bridgehead atoms. The minimum absolute atomic E-state index is 0.0965. The van der Waals surface area contributed by atoms with Crippen LogP contribution in [0.3, 0.4) is 0 Å². The predicted octanol–water partition coefficient (Wildman–Crippen LogP) is 2.62. The van der Waals surface area contributed by atoms with Crippen LogP contribution >= 0.6 is 0 Å². The molecule has 0 spiro atoms. The van der Waals surface area contributed by atoms with Crippen molar-refractivity contribution in [3.05, 3.63) is 71.7 Å². The third-order valence-corrected chi connectivity index (χ3v) is 3.47. The molecular weight excluding hydrogens is 262 g/mol. The van der Waals surface area contributed by atoms with E-state index in [2.05, 4.69) is 41.5 Å². The summed E-state index contributed by atoms with van der Waals surface area (Å²) in [6, 6.07) is 14.0. The zero-order valence-electron chi connectivity index (χ0n) is 11.9. The summed E-state index contributed by atoms with van der Waals surface area (Å²) in [7, 11) is 0. The lowest BCUT2D eigenvalue weighted by molar-refractivity contribution is 0.0948. The first kappa shape index (κ1) is 13.4. The highest BCUT2D eigenvalue weighted by molar-refractivity contribution is 5.93. The van der Waals surface area contributed by atoms with Gasteiger partial charge in [-0.25, -0.2) is 4.98 Å². The van der Waals surface area contributed by atoms with Crippen molar-refractivity contribution in [2.45, 2.75) is 13.3 Å². The highest BCUT2D eigenvalue weighted by atomic mass is 16.1. The lowest BCUT2D eigenvalue weighted by atomic mass is 10.1. The molecule has 3 aromatic rings. The van der Waals surface area contributed by atoms with Gasteiger partial charge >= 0.3 is 0 Å². The number of aromatic nitrogens is 2. The molecule has 1 aromatic carbocycles. The van der Waals surface area contributed by atoms with Crippen LogP contribution in [-0.2, 0) is 6.42 Å². The molecule has 2 aromatic heterocycles. The van der Waals surface area contributed by atoms with Crippen molar-refractivity contribution >= 4 is 11.6 Å². The zero-order chi connectivity index (χ0) is 14.7. The third kappa shape index (κ3) is 2.94. The average molecular weight is 279 g/mol. The van der Waals surface area contributed by atoms with Crippen molar-refractivity contribution in [3.63, 3.8) is 0 Å². The van der Waals surface area contributed by atoms with E-state index in [0.29, 0.717) is 12.2 Å². The SMILES string of the molecule is Cc1ccc(CCNC(=O)c2cnc3ccccn23)cc1. The molecule has 0 aliphatic heterocycles. The lowest BCUT2D eigenvalue weighted by Gasteiger charge is -2.05. The van der Waals surface area contributed by atoms with Crippen LogP contribution in [0.5, 0.6) is 0 Å². The highest BCUT2D eigenvalue weighted by Gasteiger charge is 2.10. The Morgan fingerprint density at radius 1 is 1.19 bits per heavy atom. The summed E-state index contributed by atoms with van der Waals surface area (Å²) < 4.78 is 1.79. The molecule has 4 nitrogen and oxygen atoms in total. The number of carbonyl (C=O) groups excluding carboxylic acids is 1. The van der Waals surface area contributed by atoms with E-state index in [1.54, 1.807) is 10.6 Å². The minimum Gasteiger partial charge on any atom is -0.350 e. The van der Waals surface area contributed by atoms with Crippen LogP contribution in [0.15, 0.2) is 54.9 Å². The first-order valence-corrected chi connectivity index (χ1v) is 7.00. The minimum atomic E-state index is -0.0965. The summed E-state index contributed by atoms with van der Waals surface area (Å²) in [5.41, 5.74) is 3.81. The van der Waals surface area contributed by atoms with E-state index in [4.69, 9.17) is 0 Å². The lowest BCUT2D eigenvalue weighted by Crippen LogP contribution is -2.26. The molecule has 21 heavy (non-hydrogen) atoms. The summed E-state index contributed by atoms with van der Waals surface area (Å²) in [4.78, 5) is 16.4. The van der Waals surface area contributed by atoms with E-state index in [9.17, 15) is 4.79 Å². The molecule has 2 heterocycles. The number of imidazole rings is 1. The topological polar surface area (TPSA) is 46.4 Å². The van der Waals surface area contributed by atoms with E-state index in [-0.39, 0.29) is 5.91 Å². The molecule has 3 rings (SSSR count). The summed E-state index contributed by atoms with van der Waals surface area (Å²) in [6.45, 7) is 2.68. The van der Waals surface area contributed by atoms with Gasteiger partial charge in [-0.3, -0.25) is 9.20 Å². The van der Waals surface area contributed by atoms with Crippen LogP contribution in [0.1, 0.15) is 21.6 Å². The van der Waals surface area contributed by atoms with Crippen molar-refractivity contribution in [1.82, 2.24) is 14.7 Å². The predicted molar refractivity (Wildman–Crippen MR) is 82.4 cm³/mol. The number of pyridine rings is 1. The molecule has 0 saturated heterocycles. The van der Waals surface area contributed by atoms with Gasteiger partial charge in [-0.1, -0.05) is 35.9 Å². The van der Waals surface area contributed by atoms with Crippen LogP contribution in [0.2, 0.25) is 0 Å². The normalized spacial score (nSPS) is 10.7. The number of hydrogen-bond acceptors (Lipinski definition) is 2. The molecule has 0 radical (unpaired) electrons. The number of nitrogens with one attached hydrogen (secondary N) is 1. The number of carbonyl (C=O) groups is 1. The van der Waals surface area contributed by atoms with E-state index in [1.807, 2.05) is 24.4 Å². The number of benzene rings is 1. The Hall–Kier alpha value is -2.62. The van der Waals surface area contributed by atoms with Gasteiger partial charge in [0, 0.05) is 12.7 Å². The fourth-order valence-electron chi connectivity index (χ4n) is 2.27. The Balaban J connectivity index is 1.63. The third-order valence-electron chi connectivity index (χ3n) is 3.47. The smallest absolute Gasteiger partial charge is 0.269 e. The number of fused-ring (bicyclic) bond motifs is 1. The molecule has 0 atom stereocenters. The first-order valence-electron chi connectivity index (χ1n) is 7.00. The Morgan fingerprint density at radius 3 is 2.81 bits per heavy atom. The Bertz CT molecular complexity index is 759. The molecule has 4 heteroatoms. The maximum atomic E-state index is 12.2. The van der Waals surface area contributed by atoms with E-state index in [0.717, 1.165) is 12.1 Å². The van der Waals surface area contributed by atoms with Gasteiger partial charge in [0.1, 0.15) is 11.3 Å². The Morgan fingerprint density at radius 2 is 2.00 bits per heavy atom. The van der Waals surface area contributed by atoms with Crippen LogP contribution in [0, 0.1) is 6.92 Å². The highest BCUT2D eigenvalue weighted by Crippen LogP contribution is 2.06. The number of rotatable bonds is 4. The summed E-state index contributed by atoms with van der Waals surface area (Å²) in [5, 5.41) is 2.94. The zero-order valence-corrected chi connectivity index (χ0v) is 11.9. The van der Waals surface area contributed by atoms with Gasteiger partial charge in [0.25, 0.3) is 5.91 Å². The molecular formula is C17H17N3O. The van der Waals surface area contributed by atoms with E-state index < -0.39 is 0 Å². The molecule has 0 fully saturated rings. The second-order valence-electron chi connectivity index (χ2n) is 5.06. The van der Waals surface area contributed by atoms with Gasteiger partial charge in [-0.05, 0) is 31.0 Å².